The van der Waals surface area contributed by atoms with E-state index in [4.69, 9.17) is 15.7 Å². The van der Waals surface area contributed by atoms with Crippen molar-refractivity contribution < 1.29 is 0 Å². The molecule has 0 bridgehead atoms. The van der Waals surface area contributed by atoms with Crippen LogP contribution in [0.2, 0.25) is 0 Å². The number of nitrogens with one attached hydrogen (secondary N) is 1. The second-order valence-corrected chi connectivity index (χ2v) is 14.0. The van der Waals surface area contributed by atoms with Gasteiger partial charge in [-0.3, -0.25) is 0 Å². The molecule has 1 aliphatic rings. The monoisotopic (exact) mass is 720 g/mol. The zero-order valence-corrected chi connectivity index (χ0v) is 30.8. The molecule has 0 spiro atoms. The normalized spacial score (nSPS) is 13.6. The number of amidine groups is 1. The summed E-state index contributed by atoms with van der Waals surface area (Å²) in [6, 6.07) is 74.2. The van der Waals surface area contributed by atoms with Crippen molar-refractivity contribution >= 4 is 23.4 Å². The Morgan fingerprint density at radius 2 is 1.12 bits per heavy atom. The molecule has 0 aliphatic heterocycles. The molecule has 4 heteroatoms. The van der Waals surface area contributed by atoms with Crippen molar-refractivity contribution in [3.63, 3.8) is 0 Å². The van der Waals surface area contributed by atoms with Gasteiger partial charge in [0, 0.05) is 28.7 Å². The van der Waals surface area contributed by atoms with Crippen LogP contribution in [0.3, 0.4) is 0 Å². The maximum atomic E-state index is 6.86. The Bertz CT molecular complexity index is 2610. The summed E-state index contributed by atoms with van der Waals surface area (Å²) in [5, 5.41) is 3.83. The molecule has 1 unspecified atom stereocenters. The Labute approximate surface area is 328 Å². The van der Waals surface area contributed by atoms with Gasteiger partial charge in [-0.1, -0.05) is 194 Å². The molecule has 1 aliphatic carbocycles. The third-order valence-electron chi connectivity index (χ3n) is 10.6. The average Bonchev–Trinajstić information content (AvgIpc) is 3.57. The molecule has 9 rings (SSSR count). The first-order valence-electron chi connectivity index (χ1n) is 19.0. The van der Waals surface area contributed by atoms with Gasteiger partial charge < -0.3 is 11.1 Å². The standard InChI is InChI=1S/C52H40N4/c53-50(56-51(39-23-10-3-11-24-39)54-36-37-19-6-1-7-20-37)40-25-18-30-43(35-40)55-47-34-33-46-49(48(47)38-21-8-2-9-22-38)44-31-16-17-32-45(44)52(46,41-26-12-4-13-27-41)42-28-14-5-15-29-42/h1-36,50,55H,53H2/b54-36+,56-51-. The minimum Gasteiger partial charge on any atom is -0.355 e. The lowest BCUT2D eigenvalue weighted by atomic mass is 9.67. The second-order valence-electron chi connectivity index (χ2n) is 14.0. The number of hydrogen-bond acceptors (Lipinski definition) is 3. The van der Waals surface area contributed by atoms with E-state index >= 15 is 0 Å². The van der Waals surface area contributed by atoms with E-state index in [0.29, 0.717) is 5.84 Å². The van der Waals surface area contributed by atoms with Crippen molar-refractivity contribution in [1.82, 2.24) is 0 Å². The van der Waals surface area contributed by atoms with Gasteiger partial charge in [-0.05, 0) is 68.3 Å². The zero-order chi connectivity index (χ0) is 37.7. The van der Waals surface area contributed by atoms with Gasteiger partial charge in [-0.15, -0.1) is 0 Å². The van der Waals surface area contributed by atoms with Crippen LogP contribution in [0.5, 0.6) is 0 Å². The quantitative estimate of drug-likeness (QED) is 0.115. The Kier molecular flexibility index (Phi) is 9.46. The van der Waals surface area contributed by atoms with Gasteiger partial charge in [0.1, 0.15) is 6.17 Å². The van der Waals surface area contributed by atoms with E-state index in [1.54, 1.807) is 0 Å². The fourth-order valence-electron chi connectivity index (χ4n) is 8.15. The van der Waals surface area contributed by atoms with Gasteiger partial charge >= 0.3 is 0 Å². The molecule has 0 amide bonds. The summed E-state index contributed by atoms with van der Waals surface area (Å²) < 4.78 is 0. The molecule has 0 radical (unpaired) electrons. The maximum absolute atomic E-state index is 6.86. The number of rotatable bonds is 9. The lowest BCUT2D eigenvalue weighted by Gasteiger charge is -2.34. The molecular formula is C52H40N4. The fourth-order valence-corrected chi connectivity index (χ4v) is 8.15. The maximum Gasteiger partial charge on any atom is 0.156 e. The highest BCUT2D eigenvalue weighted by Crippen LogP contribution is 2.59. The Morgan fingerprint density at radius 3 is 1.80 bits per heavy atom. The van der Waals surface area contributed by atoms with E-state index in [9.17, 15) is 0 Å². The topological polar surface area (TPSA) is 62.8 Å². The Balaban J connectivity index is 1.16. The smallest absolute Gasteiger partial charge is 0.156 e. The van der Waals surface area contributed by atoms with Gasteiger partial charge in [0.2, 0.25) is 0 Å². The molecule has 8 aromatic carbocycles. The van der Waals surface area contributed by atoms with Crippen LogP contribution < -0.4 is 11.1 Å². The number of benzene rings is 8. The van der Waals surface area contributed by atoms with Crippen molar-refractivity contribution in [2.24, 2.45) is 15.7 Å². The van der Waals surface area contributed by atoms with Gasteiger partial charge in [-0.25, -0.2) is 9.98 Å². The van der Waals surface area contributed by atoms with Gasteiger partial charge in [0.25, 0.3) is 0 Å². The lowest BCUT2D eigenvalue weighted by molar-refractivity contribution is 0.768. The SMILES string of the molecule is NC(/N=C(\N=C\c1ccccc1)c1ccccc1)c1cccc(Nc2ccc3c(c2-c2ccccc2)-c2ccccc2C3(c2ccccc2)c2ccccc2)c1. The predicted octanol–water partition coefficient (Wildman–Crippen LogP) is 12.0. The molecule has 268 valence electrons. The Morgan fingerprint density at radius 1 is 0.536 bits per heavy atom. The van der Waals surface area contributed by atoms with Crippen LogP contribution in [0.25, 0.3) is 22.3 Å². The number of hydrogen-bond donors (Lipinski definition) is 2. The summed E-state index contributed by atoms with van der Waals surface area (Å²) in [7, 11) is 0. The van der Waals surface area contributed by atoms with Crippen molar-refractivity contribution in [2.45, 2.75) is 11.6 Å². The molecule has 3 N–H and O–H groups in total. The molecule has 0 aromatic heterocycles. The summed E-state index contributed by atoms with van der Waals surface area (Å²) in [4.78, 5) is 9.76. The summed E-state index contributed by atoms with van der Waals surface area (Å²) in [6.45, 7) is 0. The molecule has 56 heavy (non-hydrogen) atoms. The number of nitrogens with two attached hydrogens (primary N) is 1. The molecule has 1 atom stereocenters. The molecule has 0 saturated heterocycles. The van der Waals surface area contributed by atoms with E-state index in [-0.39, 0.29) is 0 Å². The van der Waals surface area contributed by atoms with E-state index < -0.39 is 11.6 Å². The van der Waals surface area contributed by atoms with Crippen LogP contribution in [0, 0.1) is 0 Å². The van der Waals surface area contributed by atoms with Gasteiger partial charge in [-0.2, -0.15) is 0 Å². The fraction of sp³-hybridized carbons (Fsp3) is 0.0385. The van der Waals surface area contributed by atoms with Crippen LogP contribution >= 0.6 is 0 Å². The largest absolute Gasteiger partial charge is 0.355 e. The van der Waals surface area contributed by atoms with E-state index in [1.165, 1.54) is 33.4 Å². The van der Waals surface area contributed by atoms with Gasteiger partial charge in [0.15, 0.2) is 5.84 Å². The summed E-state index contributed by atoms with van der Waals surface area (Å²) in [6.07, 6.45) is 1.19. The van der Waals surface area contributed by atoms with Crippen molar-refractivity contribution in [2.75, 3.05) is 5.32 Å². The minimum atomic E-state index is -0.641. The molecular weight excluding hydrogens is 681 g/mol. The van der Waals surface area contributed by atoms with E-state index in [2.05, 4.69) is 145 Å². The number of fused-ring (bicyclic) bond motifs is 3. The van der Waals surface area contributed by atoms with Crippen LogP contribution in [-0.2, 0) is 5.41 Å². The lowest BCUT2D eigenvalue weighted by Crippen LogP contribution is -2.28. The van der Waals surface area contributed by atoms with Crippen molar-refractivity contribution in [1.29, 1.82) is 0 Å². The first-order chi connectivity index (χ1) is 27.7. The van der Waals surface area contributed by atoms with E-state index in [1.807, 2.05) is 79.0 Å². The molecule has 0 heterocycles. The zero-order valence-electron chi connectivity index (χ0n) is 30.8. The van der Waals surface area contributed by atoms with Crippen molar-refractivity contribution in [3.05, 3.63) is 251 Å². The third-order valence-corrected chi connectivity index (χ3v) is 10.6. The highest BCUT2D eigenvalue weighted by atomic mass is 15.0. The Hall–Kier alpha value is -7.14. The third kappa shape index (κ3) is 6.42. The second kappa shape index (κ2) is 15.3. The molecule has 0 fully saturated rings. The molecule has 4 nitrogen and oxygen atoms in total. The predicted molar refractivity (Wildman–Crippen MR) is 233 cm³/mol. The first-order valence-corrected chi connectivity index (χ1v) is 19.0. The first kappa shape index (κ1) is 34.6. The van der Waals surface area contributed by atoms with Crippen LogP contribution in [-0.4, -0.2) is 12.1 Å². The molecule has 0 saturated carbocycles. The number of aliphatic imine (C=N–C) groups is 2. The number of anilines is 2. The minimum absolute atomic E-state index is 0.499. The highest BCUT2D eigenvalue weighted by molar-refractivity contribution is 6.05. The van der Waals surface area contributed by atoms with Gasteiger partial charge in [0.05, 0.1) is 5.41 Å². The van der Waals surface area contributed by atoms with Crippen molar-refractivity contribution in [3.8, 4) is 22.3 Å². The molecule has 8 aromatic rings. The number of nitrogens with zero attached hydrogens (tertiary/aromatic N) is 2. The summed E-state index contributed by atoms with van der Waals surface area (Å²) in [5.41, 5.74) is 20.8. The average molecular weight is 721 g/mol. The van der Waals surface area contributed by atoms with E-state index in [0.717, 1.165) is 39.2 Å². The van der Waals surface area contributed by atoms with Crippen LogP contribution in [0.1, 0.15) is 45.1 Å². The summed E-state index contributed by atoms with van der Waals surface area (Å²) in [5.74, 6) is 0.573. The summed E-state index contributed by atoms with van der Waals surface area (Å²) >= 11 is 0. The highest BCUT2D eigenvalue weighted by Gasteiger charge is 2.47. The van der Waals surface area contributed by atoms with Crippen LogP contribution in [0.15, 0.2) is 222 Å². The van der Waals surface area contributed by atoms with Crippen LogP contribution in [0.4, 0.5) is 11.4 Å².